The lowest BCUT2D eigenvalue weighted by Gasteiger charge is -2.03. The quantitative estimate of drug-likeness (QED) is 0.464. The van der Waals surface area contributed by atoms with Gasteiger partial charge in [0, 0.05) is 25.5 Å². The van der Waals surface area contributed by atoms with Crippen molar-refractivity contribution < 1.29 is 9.90 Å². The highest BCUT2D eigenvalue weighted by atomic mass is 16.4. The summed E-state index contributed by atoms with van der Waals surface area (Å²) in [6, 6.07) is 0. The average Bonchev–Trinajstić information content (AvgIpc) is 3.03. The van der Waals surface area contributed by atoms with Gasteiger partial charge in [0.25, 0.3) is 0 Å². The number of carbonyl (C=O) groups is 1. The van der Waals surface area contributed by atoms with Gasteiger partial charge in [-0.05, 0) is 6.42 Å². The van der Waals surface area contributed by atoms with Gasteiger partial charge < -0.3 is 21.1 Å². The zero-order valence-corrected chi connectivity index (χ0v) is 10.5. The third kappa shape index (κ3) is 3.54. The number of hydrogen-bond acceptors (Lipinski definition) is 6. The van der Waals surface area contributed by atoms with Gasteiger partial charge in [-0.25, -0.2) is 14.5 Å². The second kappa shape index (κ2) is 6.31. The summed E-state index contributed by atoms with van der Waals surface area (Å²) >= 11 is 0. The van der Waals surface area contributed by atoms with Crippen molar-refractivity contribution in [2.24, 2.45) is 10.2 Å². The van der Waals surface area contributed by atoms with E-state index in [0.29, 0.717) is 37.0 Å². The van der Waals surface area contributed by atoms with E-state index in [1.165, 1.54) is 6.20 Å². The fourth-order valence-electron chi connectivity index (χ4n) is 1.48. The number of aryl methyl sites for hydroxylation is 1. The van der Waals surface area contributed by atoms with E-state index < -0.39 is 6.09 Å². The van der Waals surface area contributed by atoms with Crippen molar-refractivity contribution in [3.05, 3.63) is 18.6 Å². The molecule has 0 radical (unpaired) electrons. The molecule has 0 spiro atoms. The first kappa shape index (κ1) is 13.5. The zero-order valence-electron chi connectivity index (χ0n) is 10.5. The number of nitrogens with zero attached hydrogens (tertiary/aromatic N) is 5. The molecule has 2 aromatic rings. The van der Waals surface area contributed by atoms with Crippen LogP contribution in [0.25, 0.3) is 0 Å². The molecule has 2 heterocycles. The first-order valence-electron chi connectivity index (χ1n) is 5.86. The second-order valence-electron chi connectivity index (χ2n) is 3.84. The molecule has 0 fully saturated rings. The molecule has 0 unspecified atom stereocenters. The van der Waals surface area contributed by atoms with E-state index in [1.54, 1.807) is 17.1 Å². The van der Waals surface area contributed by atoms with Gasteiger partial charge in [-0.2, -0.15) is 5.10 Å². The highest BCUT2D eigenvalue weighted by Gasteiger charge is 2.06. The Morgan fingerprint density at radius 2 is 2.40 bits per heavy atom. The summed E-state index contributed by atoms with van der Waals surface area (Å²) in [4.78, 5) is 17.0. The summed E-state index contributed by atoms with van der Waals surface area (Å²) in [6.45, 7) is 0.820. The maximum Gasteiger partial charge on any atom is 0.404 e. The van der Waals surface area contributed by atoms with E-state index in [4.69, 9.17) is 10.8 Å². The van der Waals surface area contributed by atoms with Crippen LogP contribution in [-0.2, 0) is 6.54 Å². The molecule has 5 N–H and O–H groups in total. The van der Waals surface area contributed by atoms with Crippen molar-refractivity contribution >= 4 is 23.5 Å². The van der Waals surface area contributed by atoms with Gasteiger partial charge in [-0.15, -0.1) is 10.2 Å². The number of H-pyrrole nitrogens is 1. The highest BCUT2D eigenvalue weighted by Crippen LogP contribution is 2.22. The smallest absolute Gasteiger partial charge is 0.404 e. The van der Waals surface area contributed by atoms with Gasteiger partial charge in [-0.1, -0.05) is 0 Å². The van der Waals surface area contributed by atoms with Gasteiger partial charge in [0.1, 0.15) is 11.5 Å². The van der Waals surface area contributed by atoms with Crippen molar-refractivity contribution in [2.75, 3.05) is 12.3 Å². The molecule has 0 aliphatic heterocycles. The van der Waals surface area contributed by atoms with Crippen LogP contribution in [0.15, 0.2) is 28.8 Å². The van der Waals surface area contributed by atoms with Gasteiger partial charge in [0.15, 0.2) is 0 Å². The van der Waals surface area contributed by atoms with E-state index in [-0.39, 0.29) is 0 Å². The maximum atomic E-state index is 10.3. The summed E-state index contributed by atoms with van der Waals surface area (Å²) in [5, 5.41) is 22.6. The Labute approximate surface area is 113 Å². The Hall–Kier alpha value is -2.91. The van der Waals surface area contributed by atoms with Crippen LogP contribution in [0.3, 0.4) is 0 Å². The van der Waals surface area contributed by atoms with Crippen LogP contribution in [0.2, 0.25) is 0 Å². The molecule has 0 saturated heterocycles. The van der Waals surface area contributed by atoms with Crippen molar-refractivity contribution in [3.63, 3.8) is 0 Å². The topological polar surface area (TPSA) is 147 Å². The number of rotatable bonds is 6. The molecular formula is C10H14N8O2. The minimum atomic E-state index is -1.05. The number of carboxylic acid groups (broad SMARTS) is 1. The minimum absolute atomic E-state index is 0.331. The van der Waals surface area contributed by atoms with Gasteiger partial charge in [0.05, 0.1) is 6.20 Å². The van der Waals surface area contributed by atoms with Gasteiger partial charge in [0.2, 0.25) is 5.95 Å². The third-order valence-corrected chi connectivity index (χ3v) is 2.42. The Morgan fingerprint density at radius 3 is 3.10 bits per heavy atom. The third-order valence-electron chi connectivity index (χ3n) is 2.42. The Kier molecular flexibility index (Phi) is 4.27. The molecule has 0 atom stereocenters. The predicted octanol–water partition coefficient (Wildman–Crippen LogP) is 1.26. The summed E-state index contributed by atoms with van der Waals surface area (Å²) in [7, 11) is 0. The molecule has 20 heavy (non-hydrogen) atoms. The zero-order chi connectivity index (χ0) is 14.4. The number of nitrogen functional groups attached to an aromatic ring is 1. The average molecular weight is 278 g/mol. The Balaban J connectivity index is 1.91. The fourth-order valence-corrected chi connectivity index (χ4v) is 1.48. The number of anilines is 1. The van der Waals surface area contributed by atoms with E-state index in [1.807, 2.05) is 0 Å². The number of amides is 1. The van der Waals surface area contributed by atoms with Crippen molar-refractivity contribution in [2.45, 2.75) is 13.0 Å². The Bertz CT molecular complexity index is 588. The molecule has 0 saturated carbocycles. The molecule has 10 heteroatoms. The van der Waals surface area contributed by atoms with E-state index >= 15 is 0 Å². The first-order chi connectivity index (χ1) is 9.66. The van der Waals surface area contributed by atoms with Crippen LogP contribution in [-0.4, -0.2) is 37.5 Å². The van der Waals surface area contributed by atoms with Crippen LogP contribution < -0.4 is 11.1 Å². The molecule has 2 rings (SSSR count). The maximum absolute atomic E-state index is 10.3. The van der Waals surface area contributed by atoms with Crippen LogP contribution in [0.1, 0.15) is 6.42 Å². The molecule has 10 nitrogen and oxygen atoms in total. The standard InChI is InChI=1S/C10H14N8O2/c11-8-7(16-17-9-12-3-4-13-9)6-15-18(8)5-1-2-14-10(19)20/h3-4,6,14H,1-2,5,11H2,(H,12,13)(H,19,20). The van der Waals surface area contributed by atoms with Gasteiger partial charge in [-0.3, -0.25) is 0 Å². The summed E-state index contributed by atoms with van der Waals surface area (Å²) < 4.78 is 1.54. The molecule has 0 aromatic carbocycles. The molecular weight excluding hydrogens is 264 g/mol. The molecule has 2 aromatic heterocycles. The lowest BCUT2D eigenvalue weighted by Crippen LogP contribution is -2.23. The minimum Gasteiger partial charge on any atom is -0.465 e. The SMILES string of the molecule is Nc1c(N=Nc2ncc[nH]2)cnn1CCCNC(=O)O. The number of azo groups is 1. The molecule has 0 bridgehead atoms. The number of nitrogens with one attached hydrogen (secondary N) is 2. The number of nitrogens with two attached hydrogens (primary N) is 1. The predicted molar refractivity (Wildman–Crippen MR) is 70.0 cm³/mol. The number of aromatic nitrogens is 4. The highest BCUT2D eigenvalue weighted by molar-refractivity contribution is 5.64. The lowest BCUT2D eigenvalue weighted by atomic mass is 10.4. The molecule has 106 valence electrons. The van der Waals surface area contributed by atoms with Crippen LogP contribution >= 0.6 is 0 Å². The van der Waals surface area contributed by atoms with E-state index in [2.05, 4.69) is 30.6 Å². The van der Waals surface area contributed by atoms with Crippen LogP contribution in [0.4, 0.5) is 22.2 Å². The normalized spacial score (nSPS) is 11.0. The lowest BCUT2D eigenvalue weighted by molar-refractivity contribution is 0.194. The largest absolute Gasteiger partial charge is 0.465 e. The second-order valence-corrected chi connectivity index (χ2v) is 3.84. The molecule has 0 aliphatic rings. The number of imidazole rings is 1. The van der Waals surface area contributed by atoms with Crippen LogP contribution in [0.5, 0.6) is 0 Å². The summed E-state index contributed by atoms with van der Waals surface area (Å²) in [5.41, 5.74) is 6.30. The van der Waals surface area contributed by atoms with Gasteiger partial charge >= 0.3 is 6.09 Å². The number of aromatic amines is 1. The van der Waals surface area contributed by atoms with Crippen molar-refractivity contribution in [1.82, 2.24) is 25.1 Å². The van der Waals surface area contributed by atoms with E-state index in [0.717, 1.165) is 0 Å². The summed E-state index contributed by atoms with van der Waals surface area (Å²) in [5.74, 6) is 0.749. The molecule has 0 aliphatic carbocycles. The van der Waals surface area contributed by atoms with Crippen molar-refractivity contribution in [3.8, 4) is 0 Å². The monoisotopic (exact) mass is 278 g/mol. The number of hydrogen-bond donors (Lipinski definition) is 4. The molecule has 1 amide bonds. The first-order valence-corrected chi connectivity index (χ1v) is 5.86. The Morgan fingerprint density at radius 1 is 1.55 bits per heavy atom. The fraction of sp³-hybridized carbons (Fsp3) is 0.300. The summed E-state index contributed by atoms with van der Waals surface area (Å²) in [6.07, 6.45) is 4.22. The van der Waals surface area contributed by atoms with Crippen LogP contribution in [0, 0.1) is 0 Å². The van der Waals surface area contributed by atoms with E-state index in [9.17, 15) is 4.79 Å². The van der Waals surface area contributed by atoms with Crippen molar-refractivity contribution in [1.29, 1.82) is 0 Å².